The van der Waals surface area contributed by atoms with E-state index in [1.807, 2.05) is 4.90 Å². The van der Waals surface area contributed by atoms with Crippen molar-refractivity contribution in [3.63, 3.8) is 0 Å². The van der Waals surface area contributed by atoms with Gasteiger partial charge in [-0.25, -0.2) is 4.98 Å². The van der Waals surface area contributed by atoms with E-state index in [0.717, 1.165) is 25.9 Å². The van der Waals surface area contributed by atoms with E-state index >= 15 is 0 Å². The zero-order valence-electron chi connectivity index (χ0n) is 12.0. The van der Waals surface area contributed by atoms with Gasteiger partial charge in [-0.15, -0.1) is 0 Å². The first-order chi connectivity index (χ1) is 9.69. The number of rotatable bonds is 1. The minimum atomic E-state index is 0.0305. The number of nitrogens with zero attached hydrogens (tertiary/aromatic N) is 2. The molecule has 2 aliphatic rings. The Kier molecular flexibility index (Phi) is 3.64. The fourth-order valence-electron chi connectivity index (χ4n) is 3.72. The number of likely N-dealkylation sites (tertiary alicyclic amines) is 1. The van der Waals surface area contributed by atoms with Crippen LogP contribution in [0.25, 0.3) is 0 Å². The number of hydrogen-bond donors (Lipinski definition) is 1. The van der Waals surface area contributed by atoms with Crippen molar-refractivity contribution in [3.8, 4) is 0 Å². The number of piperidine rings is 1. The van der Waals surface area contributed by atoms with Gasteiger partial charge in [0.2, 0.25) is 0 Å². The zero-order chi connectivity index (χ0) is 14.0. The Bertz CT molecular complexity index is 484. The highest BCUT2D eigenvalue weighted by Crippen LogP contribution is 2.44. The molecular weight excluding hydrogens is 250 g/mol. The van der Waals surface area contributed by atoms with Crippen molar-refractivity contribution in [3.05, 3.63) is 23.9 Å². The number of anilines is 1. The van der Waals surface area contributed by atoms with Crippen LogP contribution in [0.4, 0.5) is 5.82 Å². The number of hydrogen-bond acceptors (Lipinski definition) is 3. The van der Waals surface area contributed by atoms with E-state index in [0.29, 0.717) is 16.9 Å². The van der Waals surface area contributed by atoms with Crippen LogP contribution in [0.15, 0.2) is 18.2 Å². The number of carbonyl (C=O) groups is 1. The van der Waals surface area contributed by atoms with Crippen molar-refractivity contribution in [1.82, 2.24) is 9.88 Å². The summed E-state index contributed by atoms with van der Waals surface area (Å²) >= 11 is 0. The minimum Gasteiger partial charge on any atom is -0.384 e. The Morgan fingerprint density at radius 2 is 1.80 bits per heavy atom. The number of pyridine rings is 1. The summed E-state index contributed by atoms with van der Waals surface area (Å²) in [6.07, 6.45) is 9.13. The molecule has 20 heavy (non-hydrogen) atoms. The molecule has 1 aliphatic carbocycles. The van der Waals surface area contributed by atoms with Crippen molar-refractivity contribution < 1.29 is 4.79 Å². The van der Waals surface area contributed by atoms with Gasteiger partial charge in [-0.05, 0) is 43.2 Å². The Hall–Kier alpha value is -1.58. The summed E-state index contributed by atoms with van der Waals surface area (Å²) in [6, 6.07) is 5.26. The Balaban J connectivity index is 1.64. The van der Waals surface area contributed by atoms with Crippen LogP contribution in [0, 0.1) is 5.41 Å². The fourth-order valence-corrected chi connectivity index (χ4v) is 3.72. The molecule has 2 fully saturated rings. The summed E-state index contributed by atoms with van der Waals surface area (Å²) < 4.78 is 0. The van der Waals surface area contributed by atoms with Gasteiger partial charge in [-0.1, -0.05) is 25.3 Å². The standard InChI is InChI=1S/C16H23N3O/c17-14-6-4-5-13(18-14)15(20)19-11-9-16(10-12-19)7-2-1-3-8-16/h4-6H,1-3,7-12H2,(H2,17,18). The van der Waals surface area contributed by atoms with Gasteiger partial charge in [-0.2, -0.15) is 0 Å². The number of nitrogen functional groups attached to an aromatic ring is 1. The highest BCUT2D eigenvalue weighted by atomic mass is 16.2. The third-order valence-electron chi connectivity index (χ3n) is 5.02. The summed E-state index contributed by atoms with van der Waals surface area (Å²) in [7, 11) is 0. The largest absolute Gasteiger partial charge is 0.384 e. The van der Waals surface area contributed by atoms with Crippen LogP contribution < -0.4 is 5.73 Å². The average molecular weight is 273 g/mol. The summed E-state index contributed by atoms with van der Waals surface area (Å²) in [5.41, 5.74) is 6.66. The maximum atomic E-state index is 12.4. The van der Waals surface area contributed by atoms with Gasteiger partial charge in [-0.3, -0.25) is 4.79 Å². The van der Waals surface area contributed by atoms with Gasteiger partial charge in [0.05, 0.1) is 0 Å². The topological polar surface area (TPSA) is 59.2 Å². The van der Waals surface area contributed by atoms with Gasteiger partial charge in [0.15, 0.2) is 0 Å². The van der Waals surface area contributed by atoms with E-state index in [4.69, 9.17) is 5.73 Å². The van der Waals surface area contributed by atoms with Crippen molar-refractivity contribution in [2.24, 2.45) is 5.41 Å². The molecule has 1 saturated carbocycles. The highest BCUT2D eigenvalue weighted by Gasteiger charge is 2.36. The quantitative estimate of drug-likeness (QED) is 0.856. The third kappa shape index (κ3) is 2.65. The van der Waals surface area contributed by atoms with Crippen molar-refractivity contribution in [1.29, 1.82) is 0 Å². The molecule has 108 valence electrons. The minimum absolute atomic E-state index is 0.0305. The van der Waals surface area contributed by atoms with Crippen LogP contribution in [-0.2, 0) is 0 Å². The maximum absolute atomic E-state index is 12.4. The van der Waals surface area contributed by atoms with Crippen molar-refractivity contribution >= 4 is 11.7 Å². The zero-order valence-corrected chi connectivity index (χ0v) is 12.0. The monoisotopic (exact) mass is 273 g/mol. The van der Waals surface area contributed by atoms with E-state index in [2.05, 4.69) is 4.98 Å². The highest BCUT2D eigenvalue weighted by molar-refractivity contribution is 5.92. The summed E-state index contributed by atoms with van der Waals surface area (Å²) in [5, 5.41) is 0. The molecule has 1 saturated heterocycles. The SMILES string of the molecule is Nc1cccc(C(=O)N2CCC3(CCCCC3)CC2)n1. The molecule has 4 nitrogen and oxygen atoms in total. The second kappa shape index (κ2) is 5.43. The molecule has 1 amide bonds. The van der Waals surface area contributed by atoms with Crippen LogP contribution in [0.1, 0.15) is 55.4 Å². The van der Waals surface area contributed by atoms with Gasteiger partial charge in [0.1, 0.15) is 11.5 Å². The predicted octanol–water partition coefficient (Wildman–Crippen LogP) is 2.85. The molecule has 3 rings (SSSR count). The molecule has 0 aromatic carbocycles. The molecule has 2 heterocycles. The van der Waals surface area contributed by atoms with Crippen molar-refractivity contribution in [2.75, 3.05) is 18.8 Å². The lowest BCUT2D eigenvalue weighted by atomic mass is 9.68. The van der Waals surface area contributed by atoms with Gasteiger partial charge >= 0.3 is 0 Å². The molecule has 1 aliphatic heterocycles. The van der Waals surface area contributed by atoms with Gasteiger partial charge < -0.3 is 10.6 Å². The van der Waals surface area contributed by atoms with E-state index in [1.165, 1.54) is 32.1 Å². The smallest absolute Gasteiger partial charge is 0.272 e. The van der Waals surface area contributed by atoms with Crippen LogP contribution in [0.3, 0.4) is 0 Å². The molecule has 0 radical (unpaired) electrons. The summed E-state index contributed by atoms with van der Waals surface area (Å²) in [4.78, 5) is 18.5. The maximum Gasteiger partial charge on any atom is 0.272 e. The molecule has 4 heteroatoms. The second-order valence-electron chi connectivity index (χ2n) is 6.30. The third-order valence-corrected chi connectivity index (χ3v) is 5.02. The lowest BCUT2D eigenvalue weighted by molar-refractivity contribution is 0.0467. The molecule has 1 aromatic heterocycles. The Labute approximate surface area is 120 Å². The second-order valence-corrected chi connectivity index (χ2v) is 6.30. The van der Waals surface area contributed by atoms with Gasteiger partial charge in [0, 0.05) is 13.1 Å². The molecule has 1 aromatic rings. The predicted molar refractivity (Wildman–Crippen MR) is 79.3 cm³/mol. The number of aromatic nitrogens is 1. The first kappa shape index (κ1) is 13.4. The van der Waals surface area contributed by atoms with E-state index < -0.39 is 0 Å². The van der Waals surface area contributed by atoms with Crippen LogP contribution in [0.5, 0.6) is 0 Å². The molecule has 2 N–H and O–H groups in total. The molecule has 0 unspecified atom stereocenters. The molecule has 1 spiro atoms. The fraction of sp³-hybridized carbons (Fsp3) is 0.625. The Morgan fingerprint density at radius 1 is 1.10 bits per heavy atom. The summed E-state index contributed by atoms with van der Waals surface area (Å²) in [6.45, 7) is 1.74. The first-order valence-corrected chi connectivity index (χ1v) is 7.70. The Morgan fingerprint density at radius 3 is 2.45 bits per heavy atom. The van der Waals surface area contributed by atoms with E-state index in [9.17, 15) is 4.79 Å². The first-order valence-electron chi connectivity index (χ1n) is 7.70. The number of amides is 1. The van der Waals surface area contributed by atoms with E-state index in [1.54, 1.807) is 18.2 Å². The van der Waals surface area contributed by atoms with Crippen LogP contribution in [0.2, 0.25) is 0 Å². The number of nitrogens with two attached hydrogens (primary N) is 1. The molecule has 0 atom stereocenters. The molecule has 0 bridgehead atoms. The summed E-state index contributed by atoms with van der Waals surface area (Å²) in [5.74, 6) is 0.444. The number of carbonyl (C=O) groups excluding carboxylic acids is 1. The molecular formula is C16H23N3O. The van der Waals surface area contributed by atoms with Crippen molar-refractivity contribution in [2.45, 2.75) is 44.9 Å². The lowest BCUT2D eigenvalue weighted by Crippen LogP contribution is -2.44. The lowest BCUT2D eigenvalue weighted by Gasteiger charge is -2.44. The average Bonchev–Trinajstić information content (AvgIpc) is 2.48. The normalized spacial score (nSPS) is 21.9. The van der Waals surface area contributed by atoms with Gasteiger partial charge in [0.25, 0.3) is 5.91 Å². The van der Waals surface area contributed by atoms with Crippen LogP contribution in [-0.4, -0.2) is 28.9 Å². The van der Waals surface area contributed by atoms with E-state index in [-0.39, 0.29) is 5.91 Å². The van der Waals surface area contributed by atoms with Crippen LogP contribution >= 0.6 is 0 Å².